The van der Waals surface area contributed by atoms with Crippen LogP contribution in [0.25, 0.3) is 11.0 Å². The summed E-state index contributed by atoms with van der Waals surface area (Å²) in [6.45, 7) is 1.80. The number of aromatic nitrogens is 1. The Morgan fingerprint density at radius 1 is 1.44 bits per heavy atom. The molecule has 1 aliphatic rings. The molecule has 1 aliphatic carbocycles. The maximum Gasteiger partial charge on any atom is 0.137 e. The Morgan fingerprint density at radius 2 is 2.20 bits per heavy atom. The molecule has 0 bridgehead atoms. The fraction of sp³-hybridized carbons (Fsp3) is 0.650. The molecule has 3 N–H and O–H groups in total. The molecule has 0 amide bonds. The van der Waals surface area contributed by atoms with Gasteiger partial charge in [-0.25, -0.2) is 0 Å². The Morgan fingerprint density at radius 3 is 2.92 bits per heavy atom. The van der Waals surface area contributed by atoms with Gasteiger partial charge in [0.05, 0.1) is 11.3 Å². The van der Waals surface area contributed by atoms with Crippen LogP contribution in [0.15, 0.2) is 22.7 Å². The number of hydrogen-bond donors (Lipinski definition) is 2. The third-order valence-corrected chi connectivity index (χ3v) is 6.22. The molecule has 5 heteroatoms. The van der Waals surface area contributed by atoms with E-state index in [9.17, 15) is 5.11 Å². The van der Waals surface area contributed by atoms with Gasteiger partial charge >= 0.3 is 0 Å². The minimum atomic E-state index is -0.981. The van der Waals surface area contributed by atoms with Crippen LogP contribution in [0, 0.1) is 5.92 Å². The van der Waals surface area contributed by atoms with Crippen LogP contribution in [0.3, 0.4) is 0 Å². The summed E-state index contributed by atoms with van der Waals surface area (Å²) < 4.78 is 6.03. The highest BCUT2D eigenvalue weighted by atomic mass is 32.2. The van der Waals surface area contributed by atoms with Crippen LogP contribution in [0.4, 0.5) is 0 Å². The van der Waals surface area contributed by atoms with E-state index in [1.54, 1.807) is 24.9 Å². The van der Waals surface area contributed by atoms with E-state index in [0.29, 0.717) is 6.42 Å². The lowest BCUT2D eigenvalue weighted by Gasteiger charge is -2.29. The van der Waals surface area contributed by atoms with E-state index in [1.165, 1.54) is 32.1 Å². The minimum absolute atomic E-state index is 0.284. The molecule has 2 aromatic heterocycles. The molecular formula is C20H30N2O2S. The zero-order valence-electron chi connectivity index (χ0n) is 15.3. The summed E-state index contributed by atoms with van der Waals surface area (Å²) in [7, 11) is 0. The van der Waals surface area contributed by atoms with Crippen molar-refractivity contribution in [2.75, 3.05) is 12.0 Å². The SMILES string of the molecule is CSCC(N)C(C)(O)Cc1nccc2oc(CCC3CCCC3)cc12. The Balaban J connectivity index is 1.74. The molecule has 0 aromatic carbocycles. The largest absolute Gasteiger partial charge is 0.461 e. The third kappa shape index (κ3) is 4.57. The Hall–Kier alpha value is -1.04. The van der Waals surface area contributed by atoms with E-state index in [0.717, 1.165) is 40.5 Å². The Bertz CT molecular complexity index is 692. The molecule has 1 saturated carbocycles. The topological polar surface area (TPSA) is 72.3 Å². The molecule has 0 saturated heterocycles. The second-order valence-electron chi connectivity index (χ2n) is 7.67. The van der Waals surface area contributed by atoms with Crippen molar-refractivity contribution in [3.8, 4) is 0 Å². The second kappa shape index (κ2) is 8.11. The van der Waals surface area contributed by atoms with Gasteiger partial charge < -0.3 is 15.3 Å². The molecule has 138 valence electrons. The average Bonchev–Trinajstić information content (AvgIpc) is 3.22. The smallest absolute Gasteiger partial charge is 0.137 e. The third-order valence-electron chi connectivity index (χ3n) is 5.52. The van der Waals surface area contributed by atoms with Gasteiger partial charge in [0.1, 0.15) is 11.3 Å². The number of pyridine rings is 1. The van der Waals surface area contributed by atoms with Gasteiger partial charge in [-0.2, -0.15) is 11.8 Å². The van der Waals surface area contributed by atoms with Crippen molar-refractivity contribution >= 4 is 22.7 Å². The van der Waals surface area contributed by atoms with Crippen molar-refractivity contribution in [2.45, 2.75) is 63.5 Å². The van der Waals surface area contributed by atoms with Crippen molar-refractivity contribution in [3.63, 3.8) is 0 Å². The normalized spacial score (nSPS) is 19.4. The van der Waals surface area contributed by atoms with Gasteiger partial charge in [0.15, 0.2) is 0 Å². The predicted molar refractivity (Wildman–Crippen MR) is 105 cm³/mol. The molecule has 0 spiro atoms. The summed E-state index contributed by atoms with van der Waals surface area (Å²) >= 11 is 1.65. The van der Waals surface area contributed by atoms with Crippen molar-refractivity contribution in [1.29, 1.82) is 0 Å². The maximum absolute atomic E-state index is 10.8. The van der Waals surface area contributed by atoms with E-state index in [4.69, 9.17) is 10.2 Å². The first kappa shape index (κ1) is 18.7. The lowest BCUT2D eigenvalue weighted by molar-refractivity contribution is 0.0398. The van der Waals surface area contributed by atoms with Crippen molar-refractivity contribution in [3.05, 3.63) is 29.8 Å². The molecule has 2 atom stereocenters. The highest BCUT2D eigenvalue weighted by molar-refractivity contribution is 7.98. The molecule has 0 radical (unpaired) electrons. The van der Waals surface area contributed by atoms with E-state index >= 15 is 0 Å². The lowest BCUT2D eigenvalue weighted by Crippen LogP contribution is -2.49. The second-order valence-corrected chi connectivity index (χ2v) is 8.58. The van der Waals surface area contributed by atoms with Crippen LogP contribution in [0.5, 0.6) is 0 Å². The molecule has 4 nitrogen and oxygen atoms in total. The van der Waals surface area contributed by atoms with Crippen LogP contribution in [0.2, 0.25) is 0 Å². The fourth-order valence-electron chi connectivity index (χ4n) is 3.81. The van der Waals surface area contributed by atoms with Gasteiger partial charge in [-0.3, -0.25) is 4.98 Å². The summed E-state index contributed by atoms with van der Waals surface area (Å²) in [4.78, 5) is 4.50. The highest BCUT2D eigenvalue weighted by Crippen LogP contribution is 2.31. The molecule has 1 fully saturated rings. The summed E-state index contributed by atoms with van der Waals surface area (Å²) in [6.07, 6.45) is 11.9. The van der Waals surface area contributed by atoms with Gasteiger partial charge in [-0.15, -0.1) is 0 Å². The first-order valence-electron chi connectivity index (χ1n) is 9.33. The molecule has 3 rings (SSSR count). The van der Waals surface area contributed by atoms with Crippen LogP contribution in [-0.2, 0) is 12.8 Å². The molecular weight excluding hydrogens is 332 g/mol. The maximum atomic E-state index is 10.8. The molecule has 2 unspecified atom stereocenters. The van der Waals surface area contributed by atoms with Crippen molar-refractivity contribution in [1.82, 2.24) is 4.98 Å². The number of hydrogen-bond acceptors (Lipinski definition) is 5. The first-order valence-corrected chi connectivity index (χ1v) is 10.7. The van der Waals surface area contributed by atoms with Gasteiger partial charge in [0.2, 0.25) is 0 Å². The summed E-state index contributed by atoms with van der Waals surface area (Å²) in [5, 5.41) is 11.8. The standard InChI is InChI=1S/C20H30N2O2S/c1-20(23,19(21)13-25-2)12-17-16-11-15(24-18(16)9-10-22-17)8-7-14-5-3-4-6-14/h9-11,14,19,23H,3-8,12-13,21H2,1-2H3. The number of thioether (sulfide) groups is 1. The number of aryl methyl sites for hydroxylation is 1. The lowest BCUT2D eigenvalue weighted by atomic mass is 9.91. The van der Waals surface area contributed by atoms with Crippen LogP contribution >= 0.6 is 11.8 Å². The van der Waals surface area contributed by atoms with Gasteiger partial charge in [0.25, 0.3) is 0 Å². The number of fused-ring (bicyclic) bond motifs is 1. The molecule has 0 aliphatic heterocycles. The van der Waals surface area contributed by atoms with E-state index in [-0.39, 0.29) is 6.04 Å². The highest BCUT2D eigenvalue weighted by Gasteiger charge is 2.30. The summed E-state index contributed by atoms with van der Waals surface area (Å²) in [5.41, 5.74) is 6.91. The van der Waals surface area contributed by atoms with Crippen molar-refractivity contribution in [2.24, 2.45) is 11.7 Å². The summed E-state index contributed by atoms with van der Waals surface area (Å²) in [5.74, 6) is 2.61. The van der Waals surface area contributed by atoms with Gasteiger partial charge in [-0.05, 0) is 37.7 Å². The zero-order chi connectivity index (χ0) is 17.9. The number of nitrogens with zero attached hydrogens (tertiary/aromatic N) is 1. The van der Waals surface area contributed by atoms with Gasteiger partial charge in [-0.1, -0.05) is 25.7 Å². The minimum Gasteiger partial charge on any atom is -0.461 e. The molecule has 25 heavy (non-hydrogen) atoms. The average molecular weight is 363 g/mol. The fourth-order valence-corrected chi connectivity index (χ4v) is 4.53. The van der Waals surface area contributed by atoms with E-state index < -0.39 is 5.60 Å². The molecule has 2 heterocycles. The quantitative estimate of drug-likeness (QED) is 0.744. The van der Waals surface area contributed by atoms with Gasteiger partial charge in [0, 0.05) is 36.2 Å². The Labute approximate surface area is 154 Å². The number of aliphatic hydroxyl groups is 1. The first-order chi connectivity index (χ1) is 12.0. The number of nitrogens with two attached hydrogens (primary N) is 1. The predicted octanol–water partition coefficient (Wildman–Crippen LogP) is 3.93. The molecule has 2 aromatic rings. The number of furan rings is 1. The van der Waals surface area contributed by atoms with Crippen LogP contribution in [-0.4, -0.2) is 33.7 Å². The van der Waals surface area contributed by atoms with E-state index in [2.05, 4.69) is 11.1 Å². The monoisotopic (exact) mass is 362 g/mol. The zero-order valence-corrected chi connectivity index (χ0v) is 16.1. The number of rotatable bonds is 8. The van der Waals surface area contributed by atoms with Crippen molar-refractivity contribution < 1.29 is 9.52 Å². The van der Waals surface area contributed by atoms with Crippen LogP contribution < -0.4 is 5.73 Å². The van der Waals surface area contributed by atoms with E-state index in [1.807, 2.05) is 12.3 Å². The Kier molecular flexibility index (Phi) is 6.08. The van der Waals surface area contributed by atoms with Crippen LogP contribution in [0.1, 0.15) is 50.5 Å². The summed E-state index contributed by atoms with van der Waals surface area (Å²) in [6, 6.07) is 3.74.